The van der Waals surface area contributed by atoms with Crippen molar-refractivity contribution in [3.63, 3.8) is 0 Å². The fraction of sp³-hybridized carbons (Fsp3) is 0.333. The van der Waals surface area contributed by atoms with Gasteiger partial charge in [-0.3, -0.25) is 15.1 Å². The molecule has 182 valence electrons. The lowest BCUT2D eigenvalue weighted by Gasteiger charge is -2.29. The third kappa shape index (κ3) is 3.85. The Kier molecular flexibility index (Phi) is 5.09. The van der Waals surface area contributed by atoms with Gasteiger partial charge in [-0.25, -0.2) is 4.98 Å². The molecule has 7 rings (SSSR count). The summed E-state index contributed by atoms with van der Waals surface area (Å²) in [5, 5.41) is 23.3. The van der Waals surface area contributed by atoms with Crippen LogP contribution in [0.5, 0.6) is 0 Å². The lowest BCUT2D eigenvalue weighted by Crippen LogP contribution is -2.29. The topological polar surface area (TPSA) is 119 Å². The van der Waals surface area contributed by atoms with Crippen LogP contribution in [0.2, 0.25) is 0 Å². The van der Waals surface area contributed by atoms with E-state index in [1.165, 1.54) is 24.9 Å². The fourth-order valence-corrected chi connectivity index (χ4v) is 5.19. The Hall–Kier alpha value is -3.98. The van der Waals surface area contributed by atoms with Crippen LogP contribution in [-0.4, -0.2) is 54.6 Å². The number of fused-ring (bicyclic) bond motifs is 2. The number of aliphatic hydroxyl groups excluding tert-OH is 1. The van der Waals surface area contributed by atoms with Gasteiger partial charge in [-0.15, -0.1) is 0 Å². The quantitative estimate of drug-likeness (QED) is 0.260. The molecule has 2 aliphatic rings. The molecule has 1 unspecified atom stereocenters. The van der Waals surface area contributed by atoms with Gasteiger partial charge in [0.2, 0.25) is 0 Å². The molecule has 0 amide bonds. The van der Waals surface area contributed by atoms with Gasteiger partial charge in [0.25, 0.3) is 0 Å². The van der Waals surface area contributed by atoms with E-state index in [1.807, 2.05) is 18.3 Å². The van der Waals surface area contributed by atoms with Crippen molar-refractivity contribution in [1.82, 2.24) is 30.1 Å². The first kappa shape index (κ1) is 21.3. The minimum Gasteiger partial charge on any atom is -0.374 e. The van der Waals surface area contributed by atoms with Gasteiger partial charge in [-0.05, 0) is 56.4 Å². The Labute approximate surface area is 208 Å². The lowest BCUT2D eigenvalue weighted by atomic mass is 10.1. The number of nitrogens with zero attached hydrogens (tertiary/aromatic N) is 5. The summed E-state index contributed by atoms with van der Waals surface area (Å²) in [4.78, 5) is 19.5. The highest BCUT2D eigenvalue weighted by molar-refractivity contribution is 5.99. The number of rotatable bonds is 6. The van der Waals surface area contributed by atoms with Crippen molar-refractivity contribution in [3.05, 3.63) is 49.1 Å². The van der Waals surface area contributed by atoms with Gasteiger partial charge in [0.15, 0.2) is 0 Å². The predicted molar refractivity (Wildman–Crippen MR) is 141 cm³/mol. The number of anilines is 2. The second-order valence-corrected chi connectivity index (χ2v) is 9.90. The predicted octanol–water partition coefficient (Wildman–Crippen LogP) is 4.69. The first-order valence-corrected chi connectivity index (χ1v) is 12.7. The maximum absolute atomic E-state index is 10.3. The molecule has 2 fully saturated rings. The Morgan fingerprint density at radius 3 is 2.75 bits per heavy atom. The van der Waals surface area contributed by atoms with Crippen molar-refractivity contribution >= 4 is 33.3 Å². The summed E-state index contributed by atoms with van der Waals surface area (Å²) in [5.74, 6) is 0.331. The molecule has 4 N–H and O–H groups in total. The summed E-state index contributed by atoms with van der Waals surface area (Å²) < 4.78 is 0. The van der Waals surface area contributed by atoms with Crippen molar-refractivity contribution in [2.24, 2.45) is 5.92 Å². The van der Waals surface area contributed by atoms with Crippen molar-refractivity contribution in [1.29, 1.82) is 0 Å². The molecule has 6 heterocycles. The van der Waals surface area contributed by atoms with E-state index in [9.17, 15) is 5.11 Å². The Bertz CT molecular complexity index is 1550. The van der Waals surface area contributed by atoms with Crippen LogP contribution in [0.1, 0.15) is 32.1 Å². The van der Waals surface area contributed by atoms with Crippen LogP contribution in [0, 0.1) is 5.92 Å². The summed E-state index contributed by atoms with van der Waals surface area (Å²) >= 11 is 0. The molecule has 5 aromatic heterocycles. The zero-order valence-corrected chi connectivity index (χ0v) is 19.9. The molecule has 1 atom stereocenters. The highest BCUT2D eigenvalue weighted by atomic mass is 16.3. The third-order valence-corrected chi connectivity index (χ3v) is 7.33. The van der Waals surface area contributed by atoms with Gasteiger partial charge in [0.05, 0.1) is 35.0 Å². The monoisotopic (exact) mass is 480 g/mol. The fourth-order valence-electron chi connectivity index (χ4n) is 5.19. The molecular formula is C27H28N8O. The van der Waals surface area contributed by atoms with E-state index >= 15 is 0 Å². The molecular weight excluding hydrogens is 452 g/mol. The first-order chi connectivity index (χ1) is 17.7. The Balaban J connectivity index is 1.25. The van der Waals surface area contributed by atoms with Crippen LogP contribution < -0.4 is 10.2 Å². The van der Waals surface area contributed by atoms with E-state index < -0.39 is 6.23 Å². The molecule has 0 radical (unpaired) electrons. The molecule has 36 heavy (non-hydrogen) atoms. The average molecular weight is 481 g/mol. The van der Waals surface area contributed by atoms with Gasteiger partial charge in [-0.1, -0.05) is 0 Å². The van der Waals surface area contributed by atoms with Crippen LogP contribution in [0.4, 0.5) is 11.4 Å². The molecule has 0 bridgehead atoms. The number of nitrogens with one attached hydrogen (secondary N) is 3. The number of pyridine rings is 3. The molecule has 1 aliphatic carbocycles. The minimum absolute atomic E-state index is 0.331. The van der Waals surface area contributed by atoms with Crippen LogP contribution in [0.3, 0.4) is 0 Å². The zero-order chi connectivity index (χ0) is 24.1. The summed E-state index contributed by atoms with van der Waals surface area (Å²) in [7, 11) is 0. The smallest absolute Gasteiger partial charge is 0.139 e. The van der Waals surface area contributed by atoms with Crippen LogP contribution in [-0.2, 0) is 0 Å². The van der Waals surface area contributed by atoms with Gasteiger partial charge < -0.3 is 20.3 Å². The summed E-state index contributed by atoms with van der Waals surface area (Å²) in [6.45, 7) is 2.17. The second kappa shape index (κ2) is 8.60. The molecule has 1 aliphatic heterocycles. The van der Waals surface area contributed by atoms with E-state index in [0.717, 1.165) is 76.2 Å². The van der Waals surface area contributed by atoms with Gasteiger partial charge in [0, 0.05) is 53.4 Å². The van der Waals surface area contributed by atoms with Gasteiger partial charge >= 0.3 is 0 Å². The van der Waals surface area contributed by atoms with Crippen molar-refractivity contribution in [2.45, 2.75) is 38.3 Å². The standard InChI is InChI=1S/C27H28N8O/c36-27(16-4-5-16)31-18-10-17(13-28-14-18)21-11-19-23(15-30-21)33-34-25(19)22-12-20-24(6-7-29-26(20)32-22)35-8-2-1-3-9-35/h6-7,10-16,27,31,36H,1-5,8-9H2,(H,29,32)(H,33,34). The van der Waals surface area contributed by atoms with E-state index in [4.69, 9.17) is 0 Å². The number of aromatic amines is 2. The third-order valence-electron chi connectivity index (χ3n) is 7.33. The lowest BCUT2D eigenvalue weighted by molar-refractivity contribution is 0.180. The largest absolute Gasteiger partial charge is 0.374 e. The first-order valence-electron chi connectivity index (χ1n) is 12.7. The normalized spacial score (nSPS) is 17.1. The van der Waals surface area contributed by atoms with Crippen LogP contribution in [0.25, 0.3) is 44.6 Å². The van der Waals surface area contributed by atoms with Crippen LogP contribution >= 0.6 is 0 Å². The Morgan fingerprint density at radius 1 is 1.00 bits per heavy atom. The number of hydrogen-bond acceptors (Lipinski definition) is 7. The zero-order valence-electron chi connectivity index (χ0n) is 19.9. The van der Waals surface area contributed by atoms with Crippen LogP contribution in [0.15, 0.2) is 49.1 Å². The van der Waals surface area contributed by atoms with Crippen molar-refractivity contribution < 1.29 is 5.11 Å². The average Bonchev–Trinajstić information content (AvgIpc) is 3.55. The number of piperidine rings is 1. The summed E-state index contributed by atoms with van der Waals surface area (Å²) in [6, 6.07) is 8.29. The highest BCUT2D eigenvalue weighted by Crippen LogP contribution is 2.35. The molecule has 1 saturated carbocycles. The highest BCUT2D eigenvalue weighted by Gasteiger charge is 2.29. The molecule has 5 aromatic rings. The van der Waals surface area contributed by atoms with E-state index in [0.29, 0.717) is 5.92 Å². The van der Waals surface area contributed by atoms with E-state index in [2.05, 4.69) is 52.5 Å². The van der Waals surface area contributed by atoms with Crippen molar-refractivity contribution in [2.75, 3.05) is 23.3 Å². The maximum atomic E-state index is 10.3. The van der Waals surface area contributed by atoms with Gasteiger partial charge in [0.1, 0.15) is 17.6 Å². The Morgan fingerprint density at radius 2 is 1.89 bits per heavy atom. The minimum atomic E-state index is -0.539. The molecule has 0 aromatic carbocycles. The van der Waals surface area contributed by atoms with Gasteiger partial charge in [-0.2, -0.15) is 5.10 Å². The molecule has 0 spiro atoms. The molecule has 9 nitrogen and oxygen atoms in total. The van der Waals surface area contributed by atoms with E-state index in [-0.39, 0.29) is 0 Å². The van der Waals surface area contributed by atoms with Crippen molar-refractivity contribution in [3.8, 4) is 22.6 Å². The van der Waals surface area contributed by atoms with E-state index in [1.54, 1.807) is 18.6 Å². The number of H-pyrrole nitrogens is 2. The number of aromatic nitrogens is 6. The second-order valence-electron chi connectivity index (χ2n) is 9.90. The number of hydrogen-bond donors (Lipinski definition) is 4. The number of aliphatic hydroxyl groups is 1. The maximum Gasteiger partial charge on any atom is 0.139 e. The molecule has 9 heteroatoms. The molecule has 1 saturated heterocycles. The SMILES string of the molecule is OC(Nc1cncc(-c2cc3c(-c4cc5c(N6CCCCC6)ccnc5[nH]4)n[nH]c3cn2)c1)C1CC1. The summed E-state index contributed by atoms with van der Waals surface area (Å²) in [6.07, 6.45) is 12.5. The summed E-state index contributed by atoms with van der Waals surface area (Å²) in [5.41, 5.74) is 7.18.